The fraction of sp³-hybridized carbons (Fsp3) is 0.381. The van der Waals surface area contributed by atoms with Gasteiger partial charge in [-0.15, -0.1) is 0 Å². The largest absolute Gasteiger partial charge is 0.478 e. The molecule has 1 aromatic heterocycles. The summed E-state index contributed by atoms with van der Waals surface area (Å²) in [6, 6.07) is 9.38. The standard InChI is InChI=1S/C21H25FN4O3/c1-2-13-29-19-8-7-16(14-23-19)15-24-21(28)26-11-9-25(10-12-26)20(27)17-5-3-4-6-18(17)22/h3-8,14H,2,9-13,15H2,1H3,(H,24,28). The minimum atomic E-state index is -0.530. The molecule has 3 amide bonds. The van der Waals surface area contributed by atoms with E-state index in [0.29, 0.717) is 45.2 Å². The number of aromatic nitrogens is 1. The third-order valence-electron chi connectivity index (χ3n) is 4.65. The molecule has 0 unspecified atom stereocenters. The fourth-order valence-electron chi connectivity index (χ4n) is 3.01. The second-order valence-electron chi connectivity index (χ2n) is 6.77. The topological polar surface area (TPSA) is 74.8 Å². The summed E-state index contributed by atoms with van der Waals surface area (Å²) < 4.78 is 19.2. The molecule has 3 rings (SSSR count). The fourth-order valence-corrected chi connectivity index (χ4v) is 3.01. The van der Waals surface area contributed by atoms with Crippen molar-refractivity contribution in [2.75, 3.05) is 32.8 Å². The number of nitrogens with zero attached hydrogens (tertiary/aromatic N) is 3. The van der Waals surface area contributed by atoms with Crippen LogP contribution in [0.2, 0.25) is 0 Å². The maximum absolute atomic E-state index is 13.8. The molecule has 1 N–H and O–H groups in total. The molecule has 8 heteroatoms. The Kier molecular flexibility index (Phi) is 6.99. The normalized spacial score (nSPS) is 13.9. The lowest BCUT2D eigenvalue weighted by Gasteiger charge is -2.34. The van der Waals surface area contributed by atoms with Crippen LogP contribution in [0.15, 0.2) is 42.6 Å². The SMILES string of the molecule is CCCOc1ccc(CNC(=O)N2CCN(C(=O)c3ccccc3F)CC2)cn1. The summed E-state index contributed by atoms with van der Waals surface area (Å²) in [6.07, 6.45) is 2.59. The molecule has 0 saturated carbocycles. The van der Waals surface area contributed by atoms with E-state index >= 15 is 0 Å². The number of benzene rings is 1. The number of nitrogens with one attached hydrogen (secondary N) is 1. The van der Waals surface area contributed by atoms with E-state index in [-0.39, 0.29) is 17.5 Å². The summed E-state index contributed by atoms with van der Waals surface area (Å²) in [4.78, 5) is 32.3. The second-order valence-corrected chi connectivity index (χ2v) is 6.77. The number of carbonyl (C=O) groups is 2. The van der Waals surface area contributed by atoms with Crippen LogP contribution >= 0.6 is 0 Å². The molecule has 0 aliphatic carbocycles. The first-order valence-electron chi connectivity index (χ1n) is 9.72. The number of hydrogen-bond acceptors (Lipinski definition) is 4. The summed E-state index contributed by atoms with van der Waals surface area (Å²) in [6.45, 7) is 4.53. The van der Waals surface area contributed by atoms with E-state index in [1.54, 1.807) is 34.2 Å². The summed E-state index contributed by atoms with van der Waals surface area (Å²) in [7, 11) is 0. The molecule has 2 aromatic rings. The Hall–Kier alpha value is -3.16. The van der Waals surface area contributed by atoms with Gasteiger partial charge >= 0.3 is 6.03 Å². The van der Waals surface area contributed by atoms with Gasteiger partial charge in [0.1, 0.15) is 5.82 Å². The number of rotatable bonds is 6. The van der Waals surface area contributed by atoms with Gasteiger partial charge in [0.2, 0.25) is 5.88 Å². The molecule has 1 saturated heterocycles. The highest BCUT2D eigenvalue weighted by Gasteiger charge is 2.26. The third kappa shape index (κ3) is 5.43. The number of hydrogen-bond donors (Lipinski definition) is 1. The van der Waals surface area contributed by atoms with Crippen molar-refractivity contribution in [3.05, 3.63) is 59.5 Å². The molecule has 1 aromatic carbocycles. The number of urea groups is 1. The van der Waals surface area contributed by atoms with Gasteiger partial charge in [-0.25, -0.2) is 14.2 Å². The number of piperazine rings is 1. The predicted molar refractivity (Wildman–Crippen MR) is 106 cm³/mol. The zero-order chi connectivity index (χ0) is 20.6. The number of halogens is 1. The molecule has 1 aliphatic heterocycles. The van der Waals surface area contributed by atoms with Crippen LogP contribution in [0, 0.1) is 5.82 Å². The van der Waals surface area contributed by atoms with Crippen LogP contribution in [0.25, 0.3) is 0 Å². The number of pyridine rings is 1. The second kappa shape index (κ2) is 9.86. The van der Waals surface area contributed by atoms with Gasteiger partial charge in [0.25, 0.3) is 5.91 Å². The van der Waals surface area contributed by atoms with Crippen molar-refractivity contribution in [3.63, 3.8) is 0 Å². The monoisotopic (exact) mass is 400 g/mol. The Morgan fingerprint density at radius 1 is 1.10 bits per heavy atom. The molecule has 0 atom stereocenters. The maximum Gasteiger partial charge on any atom is 0.317 e. The average Bonchev–Trinajstić information content (AvgIpc) is 2.76. The van der Waals surface area contributed by atoms with Crippen LogP contribution < -0.4 is 10.1 Å². The van der Waals surface area contributed by atoms with E-state index in [0.717, 1.165) is 12.0 Å². The average molecular weight is 400 g/mol. The molecule has 0 bridgehead atoms. The maximum atomic E-state index is 13.8. The minimum absolute atomic E-state index is 0.0595. The Morgan fingerprint density at radius 3 is 2.48 bits per heavy atom. The van der Waals surface area contributed by atoms with Gasteiger partial charge in [0.05, 0.1) is 12.2 Å². The molecule has 154 valence electrons. The van der Waals surface area contributed by atoms with Crippen molar-refractivity contribution in [1.29, 1.82) is 0 Å². The van der Waals surface area contributed by atoms with E-state index in [1.165, 1.54) is 12.1 Å². The van der Waals surface area contributed by atoms with Crippen LogP contribution in [0.1, 0.15) is 29.3 Å². The summed E-state index contributed by atoms with van der Waals surface area (Å²) in [5.74, 6) is -0.311. The van der Waals surface area contributed by atoms with Gasteiger partial charge < -0.3 is 19.9 Å². The van der Waals surface area contributed by atoms with Crippen molar-refractivity contribution in [1.82, 2.24) is 20.1 Å². The lowest BCUT2D eigenvalue weighted by molar-refractivity contribution is 0.0660. The first kappa shape index (κ1) is 20.6. The zero-order valence-corrected chi connectivity index (χ0v) is 16.4. The Bertz CT molecular complexity index is 836. The third-order valence-corrected chi connectivity index (χ3v) is 4.65. The Labute approximate surface area is 169 Å². The Balaban J connectivity index is 1.45. The van der Waals surface area contributed by atoms with Crippen molar-refractivity contribution >= 4 is 11.9 Å². The van der Waals surface area contributed by atoms with Crippen molar-refractivity contribution < 1.29 is 18.7 Å². The molecule has 1 aliphatic rings. The highest BCUT2D eigenvalue weighted by molar-refractivity contribution is 5.94. The van der Waals surface area contributed by atoms with Crippen LogP contribution in [0.4, 0.5) is 9.18 Å². The van der Waals surface area contributed by atoms with Crippen molar-refractivity contribution in [3.8, 4) is 5.88 Å². The van der Waals surface area contributed by atoms with E-state index in [9.17, 15) is 14.0 Å². The molecule has 29 heavy (non-hydrogen) atoms. The molecule has 0 radical (unpaired) electrons. The lowest BCUT2D eigenvalue weighted by Crippen LogP contribution is -2.53. The summed E-state index contributed by atoms with van der Waals surface area (Å²) in [5.41, 5.74) is 0.930. The first-order valence-corrected chi connectivity index (χ1v) is 9.72. The van der Waals surface area contributed by atoms with Gasteiger partial charge in [-0.3, -0.25) is 4.79 Å². The van der Waals surface area contributed by atoms with Gasteiger partial charge in [0, 0.05) is 45.0 Å². The van der Waals surface area contributed by atoms with E-state index in [1.807, 2.05) is 13.0 Å². The lowest BCUT2D eigenvalue weighted by atomic mass is 10.1. The predicted octanol–water partition coefficient (Wildman–Crippen LogP) is 2.68. The van der Waals surface area contributed by atoms with Crippen LogP contribution in [0.5, 0.6) is 5.88 Å². The first-order chi connectivity index (χ1) is 14.1. The van der Waals surface area contributed by atoms with E-state index < -0.39 is 5.82 Å². The van der Waals surface area contributed by atoms with Crippen LogP contribution in [-0.4, -0.2) is 59.5 Å². The number of ether oxygens (including phenoxy) is 1. The van der Waals surface area contributed by atoms with Gasteiger partial charge in [-0.05, 0) is 24.1 Å². The van der Waals surface area contributed by atoms with Crippen LogP contribution in [-0.2, 0) is 6.54 Å². The van der Waals surface area contributed by atoms with Gasteiger partial charge in [-0.2, -0.15) is 0 Å². The molecular formula is C21H25FN4O3. The van der Waals surface area contributed by atoms with Crippen molar-refractivity contribution in [2.24, 2.45) is 0 Å². The smallest absolute Gasteiger partial charge is 0.317 e. The molecule has 2 heterocycles. The number of carbonyl (C=O) groups excluding carboxylic acids is 2. The minimum Gasteiger partial charge on any atom is -0.478 e. The van der Waals surface area contributed by atoms with E-state index in [4.69, 9.17) is 4.74 Å². The summed E-state index contributed by atoms with van der Waals surface area (Å²) >= 11 is 0. The summed E-state index contributed by atoms with van der Waals surface area (Å²) in [5, 5.41) is 2.86. The number of amides is 3. The molecular weight excluding hydrogens is 375 g/mol. The highest BCUT2D eigenvalue weighted by atomic mass is 19.1. The Morgan fingerprint density at radius 2 is 1.83 bits per heavy atom. The van der Waals surface area contributed by atoms with E-state index in [2.05, 4.69) is 10.3 Å². The quantitative estimate of drug-likeness (QED) is 0.809. The van der Waals surface area contributed by atoms with Crippen LogP contribution in [0.3, 0.4) is 0 Å². The van der Waals surface area contributed by atoms with Gasteiger partial charge in [0.15, 0.2) is 0 Å². The van der Waals surface area contributed by atoms with Gasteiger partial charge in [-0.1, -0.05) is 25.1 Å². The molecule has 7 nitrogen and oxygen atoms in total. The molecule has 1 fully saturated rings. The van der Waals surface area contributed by atoms with Crippen molar-refractivity contribution in [2.45, 2.75) is 19.9 Å². The highest BCUT2D eigenvalue weighted by Crippen LogP contribution is 2.13. The zero-order valence-electron chi connectivity index (χ0n) is 16.4. The molecule has 0 spiro atoms.